The fourth-order valence-electron chi connectivity index (χ4n) is 1.54. The van der Waals surface area contributed by atoms with E-state index in [2.05, 4.69) is 0 Å². The lowest BCUT2D eigenvalue weighted by Crippen LogP contribution is -2.42. The van der Waals surface area contributed by atoms with Gasteiger partial charge in [0.15, 0.2) is 11.5 Å². The molecule has 0 atom stereocenters. The van der Waals surface area contributed by atoms with Crippen molar-refractivity contribution in [3.8, 4) is 0 Å². The first kappa shape index (κ1) is 9.43. The molecule has 1 fully saturated rings. The Morgan fingerprint density at radius 1 is 1.43 bits per heavy atom. The second kappa shape index (κ2) is 3.55. The van der Waals surface area contributed by atoms with Gasteiger partial charge in [-0.2, -0.15) is 0 Å². The maximum atomic E-state index is 11.1. The van der Waals surface area contributed by atoms with Gasteiger partial charge in [-0.25, -0.2) is 0 Å². The van der Waals surface area contributed by atoms with Crippen molar-refractivity contribution >= 4 is 5.78 Å². The Morgan fingerprint density at radius 3 is 2.79 bits per heavy atom. The van der Waals surface area contributed by atoms with Gasteiger partial charge in [-0.15, -0.1) is 0 Å². The highest BCUT2D eigenvalue weighted by Gasteiger charge is 2.40. The molecule has 0 unspecified atom stereocenters. The van der Waals surface area contributed by atoms with Crippen molar-refractivity contribution in [2.24, 2.45) is 0 Å². The predicted molar refractivity (Wildman–Crippen MR) is 48.5 cm³/mol. The van der Waals surface area contributed by atoms with E-state index in [1.807, 2.05) is 0 Å². The van der Waals surface area contributed by atoms with Crippen molar-refractivity contribution in [1.29, 1.82) is 0 Å². The minimum atomic E-state index is -0.957. The second-order valence-electron chi connectivity index (χ2n) is 3.17. The number of methoxy groups -OCH3 is 1. The van der Waals surface area contributed by atoms with E-state index in [1.165, 1.54) is 19.3 Å². The Kier molecular flexibility index (Phi) is 2.39. The Balaban J connectivity index is 2.28. The molecule has 2 rings (SSSR count). The molecule has 14 heavy (non-hydrogen) atoms. The van der Waals surface area contributed by atoms with Crippen LogP contribution in [0.5, 0.6) is 0 Å². The highest BCUT2D eigenvalue weighted by molar-refractivity contribution is 6.01. The standard InChI is InChI=1S/C10H12O4/c1-12-9-7-8(11)3-4-10(9)13-5-2-6-14-10/h3-4,7H,2,5-6H2,1H3. The third kappa shape index (κ3) is 1.47. The average molecular weight is 196 g/mol. The first-order chi connectivity index (χ1) is 6.77. The van der Waals surface area contributed by atoms with Gasteiger partial charge in [0.05, 0.1) is 20.3 Å². The van der Waals surface area contributed by atoms with Crippen LogP contribution in [0.15, 0.2) is 24.0 Å². The molecule has 2 aliphatic rings. The molecule has 1 aliphatic carbocycles. The zero-order valence-corrected chi connectivity index (χ0v) is 7.99. The summed E-state index contributed by atoms with van der Waals surface area (Å²) in [6, 6.07) is 0. The lowest BCUT2D eigenvalue weighted by atomic mass is 10.1. The van der Waals surface area contributed by atoms with E-state index < -0.39 is 5.79 Å². The molecular weight excluding hydrogens is 184 g/mol. The van der Waals surface area contributed by atoms with Crippen molar-refractivity contribution in [1.82, 2.24) is 0 Å². The maximum absolute atomic E-state index is 11.1. The Bertz CT molecular complexity index is 297. The SMILES string of the molecule is COC1=CC(=O)C=CC12OCCCO2. The van der Waals surface area contributed by atoms with Crippen molar-refractivity contribution < 1.29 is 19.0 Å². The van der Waals surface area contributed by atoms with Crippen LogP contribution in [0.25, 0.3) is 0 Å². The van der Waals surface area contributed by atoms with E-state index in [9.17, 15) is 4.79 Å². The smallest absolute Gasteiger partial charge is 0.248 e. The van der Waals surface area contributed by atoms with Crippen LogP contribution in [0.2, 0.25) is 0 Å². The minimum Gasteiger partial charge on any atom is -0.495 e. The van der Waals surface area contributed by atoms with E-state index in [4.69, 9.17) is 14.2 Å². The quantitative estimate of drug-likeness (QED) is 0.622. The van der Waals surface area contributed by atoms with Crippen LogP contribution in [0, 0.1) is 0 Å². The fourth-order valence-corrected chi connectivity index (χ4v) is 1.54. The molecule has 0 aromatic carbocycles. The fraction of sp³-hybridized carbons (Fsp3) is 0.500. The number of hydrogen-bond acceptors (Lipinski definition) is 4. The third-order valence-electron chi connectivity index (χ3n) is 2.23. The molecule has 4 nitrogen and oxygen atoms in total. The van der Waals surface area contributed by atoms with Crippen molar-refractivity contribution in [3.05, 3.63) is 24.0 Å². The Labute approximate surface area is 82.1 Å². The van der Waals surface area contributed by atoms with E-state index in [0.717, 1.165) is 6.42 Å². The summed E-state index contributed by atoms with van der Waals surface area (Å²) in [5.41, 5.74) is 0. The van der Waals surface area contributed by atoms with Crippen LogP contribution < -0.4 is 0 Å². The normalized spacial score (nSPS) is 24.9. The molecule has 4 heteroatoms. The van der Waals surface area contributed by atoms with E-state index in [1.54, 1.807) is 6.08 Å². The van der Waals surface area contributed by atoms with Crippen LogP contribution in [-0.2, 0) is 19.0 Å². The number of carbonyl (C=O) groups is 1. The molecule has 0 radical (unpaired) electrons. The van der Waals surface area contributed by atoms with Crippen molar-refractivity contribution in [3.63, 3.8) is 0 Å². The molecule has 0 aromatic rings. The summed E-state index contributed by atoms with van der Waals surface area (Å²) < 4.78 is 16.1. The van der Waals surface area contributed by atoms with E-state index in [-0.39, 0.29) is 5.78 Å². The number of ketones is 1. The molecule has 0 aromatic heterocycles. The van der Waals surface area contributed by atoms with Crippen molar-refractivity contribution in [2.45, 2.75) is 12.2 Å². The van der Waals surface area contributed by atoms with Crippen LogP contribution in [-0.4, -0.2) is 31.9 Å². The Hall–Kier alpha value is -1.13. The molecule has 1 aliphatic heterocycles. The third-order valence-corrected chi connectivity index (χ3v) is 2.23. The maximum Gasteiger partial charge on any atom is 0.248 e. The monoisotopic (exact) mass is 196 g/mol. The van der Waals surface area contributed by atoms with Gasteiger partial charge in [-0.3, -0.25) is 4.79 Å². The predicted octanol–water partition coefficient (Wildman–Crippen LogP) is 0.789. The first-order valence-corrected chi connectivity index (χ1v) is 4.54. The van der Waals surface area contributed by atoms with E-state index >= 15 is 0 Å². The summed E-state index contributed by atoms with van der Waals surface area (Å²) in [5, 5.41) is 0. The van der Waals surface area contributed by atoms with Crippen LogP contribution in [0.1, 0.15) is 6.42 Å². The summed E-state index contributed by atoms with van der Waals surface area (Å²) >= 11 is 0. The molecule has 0 saturated carbocycles. The average Bonchev–Trinajstić information content (AvgIpc) is 2.23. The van der Waals surface area contributed by atoms with Gasteiger partial charge in [0.1, 0.15) is 0 Å². The van der Waals surface area contributed by atoms with Gasteiger partial charge < -0.3 is 14.2 Å². The summed E-state index contributed by atoms with van der Waals surface area (Å²) in [5.74, 6) is -0.643. The number of allylic oxidation sites excluding steroid dienone is 2. The zero-order valence-electron chi connectivity index (χ0n) is 7.99. The summed E-state index contributed by atoms with van der Waals surface area (Å²) in [6.07, 6.45) is 5.30. The second-order valence-corrected chi connectivity index (χ2v) is 3.17. The molecule has 0 N–H and O–H groups in total. The molecule has 0 amide bonds. The lowest BCUT2D eigenvalue weighted by molar-refractivity contribution is -0.230. The molecule has 0 bridgehead atoms. The largest absolute Gasteiger partial charge is 0.495 e. The van der Waals surface area contributed by atoms with Gasteiger partial charge >= 0.3 is 0 Å². The van der Waals surface area contributed by atoms with Gasteiger partial charge in [0.2, 0.25) is 5.79 Å². The number of hydrogen-bond donors (Lipinski definition) is 0. The van der Waals surface area contributed by atoms with Gasteiger partial charge in [-0.05, 0) is 18.6 Å². The van der Waals surface area contributed by atoms with Gasteiger partial charge in [0, 0.05) is 6.08 Å². The van der Waals surface area contributed by atoms with Crippen LogP contribution in [0.4, 0.5) is 0 Å². The van der Waals surface area contributed by atoms with Crippen molar-refractivity contribution in [2.75, 3.05) is 20.3 Å². The molecular formula is C10H12O4. The Morgan fingerprint density at radius 2 is 2.14 bits per heavy atom. The van der Waals surface area contributed by atoms with Gasteiger partial charge in [0.25, 0.3) is 0 Å². The topological polar surface area (TPSA) is 44.8 Å². The molecule has 1 heterocycles. The van der Waals surface area contributed by atoms with Crippen LogP contribution >= 0.6 is 0 Å². The van der Waals surface area contributed by atoms with E-state index in [0.29, 0.717) is 19.0 Å². The molecule has 1 spiro atoms. The number of carbonyl (C=O) groups excluding carboxylic acids is 1. The lowest BCUT2D eigenvalue weighted by Gasteiger charge is -2.36. The first-order valence-electron chi connectivity index (χ1n) is 4.54. The highest BCUT2D eigenvalue weighted by atomic mass is 16.7. The molecule has 1 saturated heterocycles. The summed E-state index contributed by atoms with van der Waals surface area (Å²) in [7, 11) is 1.50. The van der Waals surface area contributed by atoms with Gasteiger partial charge in [-0.1, -0.05) is 0 Å². The summed E-state index contributed by atoms with van der Waals surface area (Å²) in [6.45, 7) is 1.22. The number of rotatable bonds is 1. The minimum absolute atomic E-state index is 0.106. The molecule has 76 valence electrons. The zero-order chi connectivity index (χ0) is 10.0. The van der Waals surface area contributed by atoms with Crippen LogP contribution in [0.3, 0.4) is 0 Å². The number of ether oxygens (including phenoxy) is 3. The summed E-state index contributed by atoms with van der Waals surface area (Å²) in [4.78, 5) is 11.1. The highest BCUT2D eigenvalue weighted by Crippen LogP contribution is 2.31.